The minimum absolute atomic E-state index is 0.162. The fraction of sp³-hybridized carbons (Fsp3) is 0.346. The van der Waals surface area contributed by atoms with Crippen molar-refractivity contribution < 1.29 is 14.2 Å². The van der Waals surface area contributed by atoms with Crippen LogP contribution in [0.5, 0.6) is 11.6 Å². The smallest absolute Gasteiger partial charge is 0.227 e. The van der Waals surface area contributed by atoms with Gasteiger partial charge in [-0.15, -0.1) is 6.58 Å². The number of nitrogens with zero attached hydrogens (tertiary/aromatic N) is 3. The zero-order valence-corrected chi connectivity index (χ0v) is 18.5. The summed E-state index contributed by atoms with van der Waals surface area (Å²) in [6.45, 7) is 6.85. The van der Waals surface area contributed by atoms with Crippen LogP contribution >= 0.6 is 0 Å². The quantitative estimate of drug-likeness (QED) is 0.410. The highest BCUT2D eigenvalue weighted by molar-refractivity contribution is 5.43. The summed E-state index contributed by atoms with van der Waals surface area (Å²) in [5, 5.41) is 15.2. The van der Waals surface area contributed by atoms with Gasteiger partial charge in [0, 0.05) is 19.1 Å². The first kappa shape index (κ1) is 22.2. The number of aliphatic hydroxyl groups excluding tert-OH is 1. The summed E-state index contributed by atoms with van der Waals surface area (Å²) in [5.74, 6) is 0.246. The van der Waals surface area contributed by atoms with E-state index < -0.39 is 11.9 Å². The third kappa shape index (κ3) is 5.26. The summed E-state index contributed by atoms with van der Waals surface area (Å²) in [6, 6.07) is 16.5. The molecule has 0 saturated heterocycles. The number of halogens is 1. The molecule has 0 aliphatic heterocycles. The van der Waals surface area contributed by atoms with Crippen LogP contribution in [0, 0.1) is 12.7 Å². The molecule has 3 aromatic rings. The van der Waals surface area contributed by atoms with E-state index in [0.717, 1.165) is 36.2 Å². The Hall–Kier alpha value is -2.96. The van der Waals surface area contributed by atoms with E-state index >= 15 is 0 Å². The van der Waals surface area contributed by atoms with Crippen LogP contribution < -0.4 is 4.74 Å². The topological polar surface area (TPSA) is 50.5 Å². The second-order valence-corrected chi connectivity index (χ2v) is 8.33. The van der Waals surface area contributed by atoms with Gasteiger partial charge < -0.3 is 9.84 Å². The molecule has 168 valence electrons. The van der Waals surface area contributed by atoms with Crippen LogP contribution in [0.4, 0.5) is 4.39 Å². The van der Waals surface area contributed by atoms with Crippen LogP contribution in [0.15, 0.2) is 67.3 Å². The standard InChI is InChI=1S/C26H30FN3O2/c1-3-4-12-22(31)17-29(20-15-16-20)18-23-19(2)28-30(21-10-6-5-7-11-21)26(23)32-25-14-9-8-13-24(25)27/h3,5-11,13-14,20,22,31H,1,4,12,15-18H2,2H3/t22-/m1/s1. The van der Waals surface area contributed by atoms with Gasteiger partial charge in [0.05, 0.1) is 23.0 Å². The van der Waals surface area contributed by atoms with Gasteiger partial charge >= 0.3 is 0 Å². The maximum atomic E-state index is 14.4. The third-order valence-electron chi connectivity index (χ3n) is 5.76. The Morgan fingerprint density at radius 1 is 1.22 bits per heavy atom. The fourth-order valence-electron chi connectivity index (χ4n) is 3.86. The highest BCUT2D eigenvalue weighted by Gasteiger charge is 2.32. The highest BCUT2D eigenvalue weighted by atomic mass is 19.1. The summed E-state index contributed by atoms with van der Waals surface area (Å²) in [4.78, 5) is 2.29. The van der Waals surface area contributed by atoms with Gasteiger partial charge in [-0.05, 0) is 56.9 Å². The Labute approximate surface area is 188 Å². The van der Waals surface area contributed by atoms with Gasteiger partial charge in [0.15, 0.2) is 11.6 Å². The van der Waals surface area contributed by atoms with E-state index in [9.17, 15) is 9.50 Å². The Kier molecular flexibility index (Phi) is 7.02. The van der Waals surface area contributed by atoms with Crippen molar-refractivity contribution in [2.45, 2.75) is 51.3 Å². The number of aromatic nitrogens is 2. The van der Waals surface area contributed by atoms with Gasteiger partial charge in [-0.3, -0.25) is 4.90 Å². The summed E-state index contributed by atoms with van der Waals surface area (Å²) in [6.07, 6.45) is 5.11. The van der Waals surface area contributed by atoms with Crippen LogP contribution in [0.1, 0.15) is 36.9 Å². The molecule has 1 fully saturated rings. The van der Waals surface area contributed by atoms with Gasteiger partial charge in [0.2, 0.25) is 5.88 Å². The van der Waals surface area contributed by atoms with Crippen molar-refractivity contribution in [3.05, 3.63) is 84.3 Å². The lowest BCUT2D eigenvalue weighted by atomic mass is 10.1. The average molecular weight is 436 g/mol. The van der Waals surface area contributed by atoms with Gasteiger partial charge in [-0.1, -0.05) is 36.4 Å². The predicted octanol–water partition coefficient (Wildman–Crippen LogP) is 5.40. The van der Waals surface area contributed by atoms with Crippen molar-refractivity contribution in [1.29, 1.82) is 0 Å². The molecule has 0 unspecified atom stereocenters. The minimum atomic E-state index is -0.422. The molecule has 1 aliphatic carbocycles. The molecular formula is C26H30FN3O2. The van der Waals surface area contributed by atoms with Crippen molar-refractivity contribution in [1.82, 2.24) is 14.7 Å². The maximum Gasteiger partial charge on any atom is 0.227 e. The largest absolute Gasteiger partial charge is 0.435 e. The van der Waals surface area contributed by atoms with E-state index in [4.69, 9.17) is 9.84 Å². The highest BCUT2D eigenvalue weighted by Crippen LogP contribution is 2.35. The SMILES string of the molecule is C=CCC[C@@H](O)CN(Cc1c(C)nn(-c2ccccc2)c1Oc1ccccc1F)C1CC1. The number of hydrogen-bond donors (Lipinski definition) is 1. The Morgan fingerprint density at radius 3 is 2.62 bits per heavy atom. The van der Waals surface area contributed by atoms with Gasteiger partial charge in [-0.2, -0.15) is 5.10 Å². The van der Waals surface area contributed by atoms with E-state index in [1.807, 2.05) is 43.3 Å². The molecule has 1 aliphatic rings. The first-order chi connectivity index (χ1) is 15.6. The third-order valence-corrected chi connectivity index (χ3v) is 5.76. The molecule has 6 heteroatoms. The second-order valence-electron chi connectivity index (χ2n) is 8.33. The first-order valence-electron chi connectivity index (χ1n) is 11.2. The second kappa shape index (κ2) is 10.1. The number of allylic oxidation sites excluding steroid dienone is 1. The Morgan fingerprint density at radius 2 is 1.94 bits per heavy atom. The number of hydrogen-bond acceptors (Lipinski definition) is 4. The lowest BCUT2D eigenvalue weighted by Crippen LogP contribution is -2.34. The Balaban J connectivity index is 1.68. The van der Waals surface area contributed by atoms with Crippen molar-refractivity contribution >= 4 is 0 Å². The number of benzene rings is 2. The van der Waals surface area contributed by atoms with E-state index in [2.05, 4.69) is 11.5 Å². The molecule has 1 N–H and O–H groups in total. The van der Waals surface area contributed by atoms with Crippen molar-refractivity contribution in [3.63, 3.8) is 0 Å². The summed E-state index contributed by atoms with van der Waals surface area (Å²) >= 11 is 0. The van der Waals surface area contributed by atoms with Crippen molar-refractivity contribution in [2.75, 3.05) is 6.54 Å². The average Bonchev–Trinajstić information content (AvgIpc) is 3.60. The minimum Gasteiger partial charge on any atom is -0.435 e. The number of rotatable bonds is 11. The van der Waals surface area contributed by atoms with Crippen molar-refractivity contribution in [3.8, 4) is 17.3 Å². The van der Waals surface area contributed by atoms with E-state index in [1.165, 1.54) is 6.07 Å². The molecular weight excluding hydrogens is 405 g/mol. The molecule has 1 atom stereocenters. The molecule has 1 aromatic heterocycles. The zero-order valence-electron chi connectivity index (χ0n) is 18.5. The molecule has 0 radical (unpaired) electrons. The zero-order chi connectivity index (χ0) is 22.5. The molecule has 5 nitrogen and oxygen atoms in total. The molecule has 1 saturated carbocycles. The molecule has 0 amide bonds. The van der Waals surface area contributed by atoms with E-state index in [-0.39, 0.29) is 5.75 Å². The monoisotopic (exact) mass is 435 g/mol. The lowest BCUT2D eigenvalue weighted by molar-refractivity contribution is 0.0974. The predicted molar refractivity (Wildman–Crippen MR) is 124 cm³/mol. The number of ether oxygens (including phenoxy) is 1. The van der Waals surface area contributed by atoms with Crippen LogP contribution in [0.25, 0.3) is 5.69 Å². The van der Waals surface area contributed by atoms with Gasteiger partial charge in [-0.25, -0.2) is 9.07 Å². The molecule has 32 heavy (non-hydrogen) atoms. The Bertz CT molecular complexity index is 1050. The number of para-hydroxylation sites is 2. The molecule has 2 aromatic carbocycles. The molecule has 4 rings (SSSR count). The molecule has 1 heterocycles. The summed E-state index contributed by atoms with van der Waals surface area (Å²) < 4.78 is 22.3. The fourth-order valence-corrected chi connectivity index (χ4v) is 3.86. The van der Waals surface area contributed by atoms with Crippen LogP contribution in [0.3, 0.4) is 0 Å². The molecule has 0 spiro atoms. The van der Waals surface area contributed by atoms with Crippen LogP contribution in [-0.2, 0) is 6.54 Å². The van der Waals surface area contributed by atoms with Crippen LogP contribution in [0.2, 0.25) is 0 Å². The van der Waals surface area contributed by atoms with Gasteiger partial charge in [0.25, 0.3) is 0 Å². The van der Waals surface area contributed by atoms with E-state index in [0.29, 0.717) is 31.4 Å². The van der Waals surface area contributed by atoms with Crippen LogP contribution in [-0.4, -0.2) is 38.5 Å². The normalized spacial score (nSPS) is 14.5. The first-order valence-corrected chi connectivity index (χ1v) is 11.2. The summed E-state index contributed by atoms with van der Waals surface area (Å²) in [7, 11) is 0. The number of aliphatic hydroxyl groups is 1. The number of aryl methyl sites for hydroxylation is 1. The van der Waals surface area contributed by atoms with Crippen molar-refractivity contribution in [2.24, 2.45) is 0 Å². The van der Waals surface area contributed by atoms with E-state index in [1.54, 1.807) is 22.9 Å². The summed E-state index contributed by atoms with van der Waals surface area (Å²) in [5.41, 5.74) is 2.57. The lowest BCUT2D eigenvalue weighted by Gasteiger charge is -2.25. The maximum absolute atomic E-state index is 14.4. The van der Waals surface area contributed by atoms with Gasteiger partial charge in [0.1, 0.15) is 0 Å². The molecule has 0 bridgehead atoms.